The van der Waals surface area contributed by atoms with Crippen LogP contribution in [0.1, 0.15) is 24.8 Å². The first-order chi connectivity index (χ1) is 10.8. The summed E-state index contributed by atoms with van der Waals surface area (Å²) in [5, 5.41) is 6.92. The van der Waals surface area contributed by atoms with Gasteiger partial charge in [-0.05, 0) is 25.0 Å². The highest BCUT2D eigenvalue weighted by Crippen LogP contribution is 2.24. The van der Waals surface area contributed by atoms with Crippen molar-refractivity contribution >= 4 is 11.6 Å². The standard InChI is InChI=1S/C16H20N2O4/c1-20-14-7-3-2-6-12(14)13-9-15(22-18-13)16(19)17-10-11-5-4-8-21-11/h2-3,6-7,11,15H,4-5,8-10H2,1H3,(H,17,19)/t11-,15+/m0/s1. The second-order valence-electron chi connectivity index (χ2n) is 5.42. The van der Waals surface area contributed by atoms with E-state index < -0.39 is 6.10 Å². The Bertz CT molecular complexity index is 567. The first-order valence-corrected chi connectivity index (χ1v) is 7.53. The molecule has 3 rings (SSSR count). The maximum atomic E-state index is 12.1. The van der Waals surface area contributed by atoms with E-state index in [4.69, 9.17) is 14.3 Å². The normalized spacial score (nSPS) is 23.8. The number of carbonyl (C=O) groups is 1. The van der Waals surface area contributed by atoms with Crippen LogP contribution in [-0.2, 0) is 14.4 Å². The van der Waals surface area contributed by atoms with Crippen LogP contribution in [-0.4, -0.2) is 44.1 Å². The van der Waals surface area contributed by atoms with Crippen molar-refractivity contribution in [2.24, 2.45) is 5.16 Å². The third kappa shape index (κ3) is 3.22. The fourth-order valence-electron chi connectivity index (χ4n) is 2.69. The van der Waals surface area contributed by atoms with Crippen molar-refractivity contribution < 1.29 is 19.1 Å². The molecule has 1 N–H and O–H groups in total. The van der Waals surface area contributed by atoms with E-state index in [1.54, 1.807) is 7.11 Å². The van der Waals surface area contributed by atoms with E-state index in [0.29, 0.717) is 13.0 Å². The number of oxime groups is 1. The largest absolute Gasteiger partial charge is 0.496 e. The molecule has 0 spiro atoms. The molecule has 0 aromatic heterocycles. The van der Waals surface area contributed by atoms with Crippen LogP contribution in [0.5, 0.6) is 5.75 Å². The lowest BCUT2D eigenvalue weighted by atomic mass is 10.0. The predicted octanol–water partition coefficient (Wildman–Crippen LogP) is 1.48. The Morgan fingerprint density at radius 3 is 3.09 bits per heavy atom. The summed E-state index contributed by atoms with van der Waals surface area (Å²) in [6.07, 6.45) is 2.04. The number of carbonyl (C=O) groups excluding carboxylic acids is 1. The topological polar surface area (TPSA) is 69.2 Å². The predicted molar refractivity (Wildman–Crippen MR) is 81.0 cm³/mol. The van der Waals surface area contributed by atoms with E-state index in [2.05, 4.69) is 10.5 Å². The quantitative estimate of drug-likeness (QED) is 0.894. The van der Waals surface area contributed by atoms with Gasteiger partial charge in [-0.25, -0.2) is 0 Å². The molecule has 2 aliphatic rings. The van der Waals surface area contributed by atoms with E-state index in [9.17, 15) is 4.79 Å². The lowest BCUT2D eigenvalue weighted by Crippen LogP contribution is -2.39. The van der Waals surface area contributed by atoms with Crippen LogP contribution in [0.3, 0.4) is 0 Å². The van der Waals surface area contributed by atoms with Gasteiger partial charge in [0.25, 0.3) is 5.91 Å². The van der Waals surface area contributed by atoms with Crippen LogP contribution in [0.15, 0.2) is 29.4 Å². The molecule has 118 valence electrons. The van der Waals surface area contributed by atoms with Gasteiger partial charge in [-0.15, -0.1) is 0 Å². The van der Waals surface area contributed by atoms with E-state index in [1.165, 1.54) is 0 Å². The lowest BCUT2D eigenvalue weighted by molar-refractivity contribution is -0.131. The molecule has 1 aromatic carbocycles. The highest BCUT2D eigenvalue weighted by Gasteiger charge is 2.30. The van der Waals surface area contributed by atoms with Crippen LogP contribution < -0.4 is 10.1 Å². The Morgan fingerprint density at radius 2 is 2.32 bits per heavy atom. The second-order valence-corrected chi connectivity index (χ2v) is 5.42. The maximum Gasteiger partial charge on any atom is 0.264 e. The zero-order valence-electron chi connectivity index (χ0n) is 12.6. The summed E-state index contributed by atoms with van der Waals surface area (Å²) in [7, 11) is 1.61. The average Bonchev–Trinajstić information content (AvgIpc) is 3.24. The molecule has 6 nitrogen and oxygen atoms in total. The summed E-state index contributed by atoms with van der Waals surface area (Å²) < 4.78 is 10.8. The number of nitrogens with zero attached hydrogens (tertiary/aromatic N) is 1. The SMILES string of the molecule is COc1ccccc1C1=NO[C@@H](C(=O)NC[C@@H]2CCCO2)C1. The van der Waals surface area contributed by atoms with Gasteiger partial charge in [0.1, 0.15) is 5.75 Å². The number of amides is 1. The van der Waals surface area contributed by atoms with E-state index >= 15 is 0 Å². The van der Waals surface area contributed by atoms with Gasteiger partial charge >= 0.3 is 0 Å². The Balaban J connectivity index is 1.55. The third-order valence-corrected chi connectivity index (χ3v) is 3.91. The highest BCUT2D eigenvalue weighted by molar-refractivity contribution is 6.05. The fraction of sp³-hybridized carbons (Fsp3) is 0.500. The lowest BCUT2D eigenvalue weighted by Gasteiger charge is -2.13. The molecule has 6 heteroatoms. The third-order valence-electron chi connectivity index (χ3n) is 3.91. The molecule has 0 aliphatic carbocycles. The van der Waals surface area contributed by atoms with E-state index in [-0.39, 0.29) is 12.0 Å². The minimum atomic E-state index is -0.582. The zero-order valence-corrected chi connectivity index (χ0v) is 12.6. The minimum absolute atomic E-state index is 0.125. The summed E-state index contributed by atoms with van der Waals surface area (Å²) in [4.78, 5) is 17.4. The number of para-hydroxylation sites is 1. The monoisotopic (exact) mass is 304 g/mol. The Labute approximate surface area is 129 Å². The smallest absolute Gasteiger partial charge is 0.264 e. The van der Waals surface area contributed by atoms with Gasteiger partial charge in [-0.3, -0.25) is 4.79 Å². The molecule has 0 saturated carbocycles. The maximum absolute atomic E-state index is 12.1. The number of hydrogen-bond acceptors (Lipinski definition) is 5. The second kappa shape index (κ2) is 6.79. The Morgan fingerprint density at radius 1 is 1.45 bits per heavy atom. The Kier molecular flexibility index (Phi) is 4.58. The van der Waals surface area contributed by atoms with Crippen molar-refractivity contribution in [2.45, 2.75) is 31.5 Å². The van der Waals surface area contributed by atoms with Crippen molar-refractivity contribution in [1.29, 1.82) is 0 Å². The first kappa shape index (κ1) is 14.8. The molecular weight excluding hydrogens is 284 g/mol. The molecule has 2 atom stereocenters. The van der Waals surface area contributed by atoms with Gasteiger partial charge in [0.2, 0.25) is 6.10 Å². The number of hydrogen-bond donors (Lipinski definition) is 1. The number of benzene rings is 1. The molecule has 1 aromatic rings. The van der Waals surface area contributed by atoms with Crippen LogP contribution in [0.25, 0.3) is 0 Å². The van der Waals surface area contributed by atoms with Gasteiger partial charge in [-0.2, -0.15) is 0 Å². The molecule has 1 amide bonds. The van der Waals surface area contributed by atoms with Crippen LogP contribution in [0, 0.1) is 0 Å². The van der Waals surface area contributed by atoms with Crippen LogP contribution >= 0.6 is 0 Å². The van der Waals surface area contributed by atoms with Gasteiger partial charge < -0.3 is 19.6 Å². The summed E-state index contributed by atoms with van der Waals surface area (Å²) >= 11 is 0. The van der Waals surface area contributed by atoms with E-state index in [0.717, 1.165) is 36.5 Å². The zero-order chi connectivity index (χ0) is 15.4. The van der Waals surface area contributed by atoms with Crippen molar-refractivity contribution in [3.8, 4) is 5.75 Å². The van der Waals surface area contributed by atoms with Gasteiger partial charge in [0, 0.05) is 25.1 Å². The highest BCUT2D eigenvalue weighted by atomic mass is 16.6. The molecule has 0 unspecified atom stereocenters. The summed E-state index contributed by atoms with van der Waals surface area (Å²) in [6.45, 7) is 1.31. The van der Waals surface area contributed by atoms with Crippen LogP contribution in [0.4, 0.5) is 0 Å². The van der Waals surface area contributed by atoms with Crippen molar-refractivity contribution in [3.05, 3.63) is 29.8 Å². The van der Waals surface area contributed by atoms with Crippen molar-refractivity contribution in [2.75, 3.05) is 20.3 Å². The molecule has 1 fully saturated rings. The molecule has 0 bridgehead atoms. The molecular formula is C16H20N2O4. The van der Waals surface area contributed by atoms with Crippen molar-refractivity contribution in [3.63, 3.8) is 0 Å². The minimum Gasteiger partial charge on any atom is -0.496 e. The van der Waals surface area contributed by atoms with E-state index in [1.807, 2.05) is 24.3 Å². The van der Waals surface area contributed by atoms with Crippen LogP contribution in [0.2, 0.25) is 0 Å². The Hall–Kier alpha value is -2.08. The molecule has 1 saturated heterocycles. The van der Waals surface area contributed by atoms with Gasteiger partial charge in [0.15, 0.2) is 0 Å². The number of ether oxygens (including phenoxy) is 2. The first-order valence-electron chi connectivity index (χ1n) is 7.53. The number of nitrogens with one attached hydrogen (secondary N) is 1. The number of methoxy groups -OCH3 is 1. The summed E-state index contributed by atoms with van der Waals surface area (Å²) in [5.41, 5.74) is 1.59. The molecule has 2 aliphatic heterocycles. The molecule has 0 radical (unpaired) electrons. The van der Waals surface area contributed by atoms with Gasteiger partial charge in [-0.1, -0.05) is 17.3 Å². The summed E-state index contributed by atoms with van der Waals surface area (Å²) in [5.74, 6) is 0.578. The molecule has 2 heterocycles. The number of rotatable bonds is 5. The van der Waals surface area contributed by atoms with Crippen molar-refractivity contribution in [1.82, 2.24) is 5.32 Å². The average molecular weight is 304 g/mol. The molecule has 22 heavy (non-hydrogen) atoms. The fourth-order valence-corrected chi connectivity index (χ4v) is 2.69. The van der Waals surface area contributed by atoms with Gasteiger partial charge in [0.05, 0.1) is 18.9 Å². The summed E-state index contributed by atoms with van der Waals surface area (Å²) in [6, 6.07) is 7.58.